The number of non-ortho nitro benzene ring substituents is 2. The molecule has 1 atom stereocenters. The predicted molar refractivity (Wildman–Crippen MR) is 101 cm³/mol. The van der Waals surface area contributed by atoms with Gasteiger partial charge in [-0.1, -0.05) is 40.9 Å². The van der Waals surface area contributed by atoms with Crippen molar-refractivity contribution in [2.45, 2.75) is 9.96 Å². The second kappa shape index (κ2) is 8.38. The number of amides is 1. The van der Waals surface area contributed by atoms with Crippen LogP contribution in [0.5, 0.6) is 0 Å². The van der Waals surface area contributed by atoms with Crippen molar-refractivity contribution in [3.8, 4) is 0 Å². The number of halogens is 3. The third-order valence-corrected chi connectivity index (χ3v) is 3.97. The number of hydrogen-bond acceptors (Lipinski definition) is 6. The Kier molecular flexibility index (Phi) is 6.42. The van der Waals surface area contributed by atoms with Gasteiger partial charge in [0.05, 0.1) is 9.85 Å². The monoisotopic (exact) mass is 432 g/mol. The molecule has 0 spiro atoms. The second-order valence-electron chi connectivity index (χ2n) is 5.20. The molecule has 2 N–H and O–H groups in total. The number of nitro benzene ring substituents is 2. The number of nitrogens with zero attached hydrogens (tertiary/aromatic N) is 2. The van der Waals surface area contributed by atoms with Gasteiger partial charge in [-0.05, 0) is 18.2 Å². The molecular weight excluding hydrogens is 423 g/mol. The first-order valence-corrected chi connectivity index (χ1v) is 8.34. The maximum atomic E-state index is 12.3. The standard InChI is InChI=1S/C15H11Cl3N4O5/c16-15(17,18)14(19-10-2-1-3-12(8-10)22(26)27)20-13(23)9-4-6-11(7-5-9)21(24)25/h1-8,14,19H,(H,20,23). The summed E-state index contributed by atoms with van der Waals surface area (Å²) >= 11 is 17.6. The lowest BCUT2D eigenvalue weighted by Crippen LogP contribution is -2.49. The van der Waals surface area contributed by atoms with Crippen LogP contribution in [0.4, 0.5) is 17.1 Å². The molecule has 0 saturated carbocycles. The van der Waals surface area contributed by atoms with Crippen molar-refractivity contribution in [2.75, 3.05) is 5.32 Å². The van der Waals surface area contributed by atoms with Gasteiger partial charge >= 0.3 is 0 Å². The summed E-state index contributed by atoms with van der Waals surface area (Å²) in [7, 11) is 0. The van der Waals surface area contributed by atoms with Gasteiger partial charge in [0.2, 0.25) is 3.79 Å². The highest BCUT2D eigenvalue weighted by molar-refractivity contribution is 6.68. The van der Waals surface area contributed by atoms with Crippen LogP contribution < -0.4 is 10.6 Å². The Morgan fingerprint density at radius 1 is 0.963 bits per heavy atom. The zero-order valence-corrected chi connectivity index (χ0v) is 15.5. The van der Waals surface area contributed by atoms with Crippen LogP contribution in [0, 0.1) is 20.2 Å². The number of anilines is 1. The van der Waals surface area contributed by atoms with Crippen LogP contribution in [0.3, 0.4) is 0 Å². The Bertz CT molecular complexity index is 871. The van der Waals surface area contributed by atoms with Crippen LogP contribution in [0.2, 0.25) is 0 Å². The quantitative estimate of drug-likeness (QED) is 0.306. The van der Waals surface area contributed by atoms with E-state index in [0.717, 1.165) is 12.1 Å². The summed E-state index contributed by atoms with van der Waals surface area (Å²) in [6.45, 7) is 0. The Hall–Kier alpha value is -2.62. The lowest BCUT2D eigenvalue weighted by Gasteiger charge is -2.27. The van der Waals surface area contributed by atoms with Crippen molar-refractivity contribution in [1.29, 1.82) is 0 Å². The van der Waals surface area contributed by atoms with E-state index in [0.29, 0.717) is 0 Å². The minimum atomic E-state index is -2.00. The van der Waals surface area contributed by atoms with E-state index in [-0.39, 0.29) is 22.6 Å². The van der Waals surface area contributed by atoms with Gasteiger partial charge in [-0.2, -0.15) is 0 Å². The molecule has 2 rings (SSSR count). The van der Waals surface area contributed by atoms with Gasteiger partial charge in [-0.25, -0.2) is 0 Å². The molecule has 1 unspecified atom stereocenters. The van der Waals surface area contributed by atoms with Crippen molar-refractivity contribution < 1.29 is 14.6 Å². The second-order valence-corrected chi connectivity index (χ2v) is 7.57. The highest BCUT2D eigenvalue weighted by Gasteiger charge is 2.34. The van der Waals surface area contributed by atoms with Crippen molar-refractivity contribution in [3.05, 3.63) is 74.3 Å². The fourth-order valence-corrected chi connectivity index (χ4v) is 2.35. The first-order chi connectivity index (χ1) is 12.6. The molecule has 2 aromatic rings. The number of benzene rings is 2. The summed E-state index contributed by atoms with van der Waals surface area (Å²) in [5.41, 5.74) is -0.0332. The Balaban J connectivity index is 2.19. The number of nitro groups is 2. The van der Waals surface area contributed by atoms with Crippen molar-refractivity contribution in [2.24, 2.45) is 0 Å². The molecule has 12 heteroatoms. The number of hydrogen-bond donors (Lipinski definition) is 2. The minimum Gasteiger partial charge on any atom is -0.362 e. The minimum absolute atomic E-state index is 0.0979. The first-order valence-electron chi connectivity index (χ1n) is 7.21. The van der Waals surface area contributed by atoms with E-state index in [1.807, 2.05) is 0 Å². The van der Waals surface area contributed by atoms with Gasteiger partial charge < -0.3 is 10.6 Å². The maximum Gasteiger partial charge on any atom is 0.271 e. The van der Waals surface area contributed by atoms with Crippen LogP contribution in [0.1, 0.15) is 10.4 Å². The van der Waals surface area contributed by atoms with Crippen molar-refractivity contribution in [1.82, 2.24) is 5.32 Å². The molecule has 0 aromatic heterocycles. The highest BCUT2D eigenvalue weighted by atomic mass is 35.6. The molecule has 0 aliphatic heterocycles. The molecule has 0 fully saturated rings. The van der Waals surface area contributed by atoms with Gasteiger partial charge in [-0.15, -0.1) is 0 Å². The van der Waals surface area contributed by atoms with E-state index < -0.39 is 25.7 Å². The Morgan fingerprint density at radius 3 is 2.07 bits per heavy atom. The molecule has 1 amide bonds. The Labute approximate surface area is 167 Å². The normalized spacial score (nSPS) is 12.1. The first kappa shape index (κ1) is 20.7. The summed E-state index contributed by atoms with van der Waals surface area (Å²) in [6.07, 6.45) is -1.24. The highest BCUT2D eigenvalue weighted by Crippen LogP contribution is 2.32. The van der Waals surface area contributed by atoms with Crippen LogP contribution in [-0.4, -0.2) is 25.7 Å². The molecule has 27 heavy (non-hydrogen) atoms. The third kappa shape index (κ3) is 5.68. The summed E-state index contributed by atoms with van der Waals surface area (Å²) in [6, 6.07) is 10.2. The summed E-state index contributed by atoms with van der Waals surface area (Å²) < 4.78 is -2.00. The number of carbonyl (C=O) groups is 1. The van der Waals surface area contributed by atoms with E-state index in [1.54, 1.807) is 0 Å². The van der Waals surface area contributed by atoms with E-state index in [1.165, 1.54) is 36.4 Å². The summed E-state index contributed by atoms with van der Waals surface area (Å²) in [5.74, 6) is -0.667. The van der Waals surface area contributed by atoms with Crippen LogP contribution in [0.25, 0.3) is 0 Å². The van der Waals surface area contributed by atoms with Gasteiger partial charge in [0, 0.05) is 35.5 Å². The van der Waals surface area contributed by atoms with Crippen molar-refractivity contribution >= 4 is 57.8 Å². The molecular formula is C15H11Cl3N4O5. The van der Waals surface area contributed by atoms with Crippen LogP contribution in [-0.2, 0) is 0 Å². The Morgan fingerprint density at radius 2 is 1.56 bits per heavy atom. The predicted octanol–water partition coefficient (Wildman–Crippen LogP) is 4.04. The van der Waals surface area contributed by atoms with Crippen molar-refractivity contribution in [3.63, 3.8) is 0 Å². The molecule has 0 heterocycles. The van der Waals surface area contributed by atoms with Gasteiger partial charge in [0.15, 0.2) is 0 Å². The topological polar surface area (TPSA) is 127 Å². The smallest absolute Gasteiger partial charge is 0.271 e. The molecule has 9 nitrogen and oxygen atoms in total. The molecule has 0 radical (unpaired) electrons. The van der Waals surface area contributed by atoms with Gasteiger partial charge in [0.25, 0.3) is 17.3 Å². The summed E-state index contributed by atoms with van der Waals surface area (Å²) in [5, 5.41) is 26.7. The van der Waals surface area contributed by atoms with E-state index in [2.05, 4.69) is 10.6 Å². The molecule has 142 valence electrons. The third-order valence-electron chi connectivity index (χ3n) is 3.31. The fraction of sp³-hybridized carbons (Fsp3) is 0.133. The molecule has 0 saturated heterocycles. The fourth-order valence-electron chi connectivity index (χ4n) is 2.02. The van der Waals surface area contributed by atoms with Crippen LogP contribution in [0.15, 0.2) is 48.5 Å². The number of carbonyl (C=O) groups excluding carboxylic acids is 1. The van der Waals surface area contributed by atoms with E-state index in [9.17, 15) is 25.0 Å². The van der Waals surface area contributed by atoms with E-state index >= 15 is 0 Å². The zero-order chi connectivity index (χ0) is 20.2. The molecule has 0 bridgehead atoms. The SMILES string of the molecule is O=C(NC(Nc1cccc([N+](=O)[O-])c1)C(Cl)(Cl)Cl)c1ccc([N+](=O)[O-])cc1. The lowest BCUT2D eigenvalue weighted by molar-refractivity contribution is -0.385. The number of nitrogens with one attached hydrogen (secondary N) is 2. The largest absolute Gasteiger partial charge is 0.362 e. The van der Waals surface area contributed by atoms with Crippen LogP contribution >= 0.6 is 34.8 Å². The number of rotatable bonds is 6. The van der Waals surface area contributed by atoms with E-state index in [4.69, 9.17) is 34.8 Å². The lowest BCUT2D eigenvalue weighted by atomic mass is 10.2. The average molecular weight is 434 g/mol. The molecule has 0 aliphatic rings. The molecule has 2 aromatic carbocycles. The zero-order valence-electron chi connectivity index (χ0n) is 13.3. The van der Waals surface area contributed by atoms with Gasteiger partial charge in [0.1, 0.15) is 6.17 Å². The molecule has 0 aliphatic carbocycles. The maximum absolute atomic E-state index is 12.3. The number of alkyl halides is 3. The summed E-state index contributed by atoms with van der Waals surface area (Å²) in [4.78, 5) is 32.7. The average Bonchev–Trinajstić information content (AvgIpc) is 2.60. The van der Waals surface area contributed by atoms with Gasteiger partial charge in [-0.3, -0.25) is 25.0 Å².